The van der Waals surface area contributed by atoms with E-state index in [1.54, 1.807) is 11.3 Å². The average molecular weight is 298 g/mol. The van der Waals surface area contributed by atoms with Crippen molar-refractivity contribution in [1.29, 1.82) is 0 Å². The Bertz CT molecular complexity index is 496. The zero-order chi connectivity index (χ0) is 11.5. The number of rotatable bonds is 3. The molecule has 0 unspecified atom stereocenters. The lowest BCUT2D eigenvalue weighted by atomic mass is 10.2. The zero-order valence-corrected chi connectivity index (χ0v) is 11.6. The molecule has 0 spiro atoms. The third-order valence-corrected chi connectivity index (χ3v) is 3.63. The third kappa shape index (κ3) is 2.83. The summed E-state index contributed by atoms with van der Waals surface area (Å²) in [7, 11) is 0. The molecule has 0 fully saturated rings. The fraction of sp³-hybridized carbons (Fsp3) is 0.250. The molecule has 0 bridgehead atoms. The third-order valence-electron chi connectivity index (χ3n) is 2.13. The Labute approximate surface area is 107 Å². The lowest BCUT2D eigenvalue weighted by Gasteiger charge is -2.07. The van der Waals surface area contributed by atoms with Gasteiger partial charge in [-0.25, -0.2) is 4.98 Å². The van der Waals surface area contributed by atoms with E-state index in [4.69, 9.17) is 4.74 Å². The monoisotopic (exact) mass is 297 g/mol. The minimum absolute atomic E-state index is 0.577. The molecule has 2 rings (SSSR count). The maximum atomic E-state index is 5.71. The second-order valence-electron chi connectivity index (χ2n) is 3.57. The summed E-state index contributed by atoms with van der Waals surface area (Å²) in [6.45, 7) is 4.63. The van der Waals surface area contributed by atoms with Gasteiger partial charge in [-0.05, 0) is 47.5 Å². The zero-order valence-electron chi connectivity index (χ0n) is 9.16. The molecular weight excluding hydrogens is 286 g/mol. The molecule has 16 heavy (non-hydrogen) atoms. The van der Waals surface area contributed by atoms with E-state index in [9.17, 15) is 0 Å². The summed E-state index contributed by atoms with van der Waals surface area (Å²) >= 11 is 5.15. The molecular formula is C12H12BrNOS. The van der Waals surface area contributed by atoms with Gasteiger partial charge in [-0.15, -0.1) is 11.3 Å². The molecule has 4 heteroatoms. The van der Waals surface area contributed by atoms with Crippen molar-refractivity contribution < 1.29 is 4.74 Å². The first kappa shape index (κ1) is 11.6. The summed E-state index contributed by atoms with van der Waals surface area (Å²) in [6.07, 6.45) is 1.86. The van der Waals surface area contributed by atoms with Gasteiger partial charge in [0.1, 0.15) is 12.4 Å². The van der Waals surface area contributed by atoms with E-state index in [2.05, 4.69) is 27.8 Å². The van der Waals surface area contributed by atoms with E-state index in [1.165, 1.54) is 5.56 Å². The molecule has 0 aliphatic heterocycles. The highest BCUT2D eigenvalue weighted by Gasteiger charge is 2.03. The number of halogens is 1. The van der Waals surface area contributed by atoms with Gasteiger partial charge in [0.15, 0.2) is 0 Å². The highest BCUT2D eigenvalue weighted by molar-refractivity contribution is 9.10. The van der Waals surface area contributed by atoms with Crippen molar-refractivity contribution in [2.75, 3.05) is 0 Å². The maximum absolute atomic E-state index is 5.71. The SMILES string of the molecule is Cc1ccc(OCc2cnc(C)s2)c(Br)c1. The number of hydrogen-bond donors (Lipinski definition) is 0. The van der Waals surface area contributed by atoms with Crippen LogP contribution >= 0.6 is 27.3 Å². The van der Waals surface area contributed by atoms with Crippen LogP contribution in [0.3, 0.4) is 0 Å². The smallest absolute Gasteiger partial charge is 0.134 e. The van der Waals surface area contributed by atoms with E-state index < -0.39 is 0 Å². The second-order valence-corrected chi connectivity index (χ2v) is 5.74. The van der Waals surface area contributed by atoms with Crippen molar-refractivity contribution >= 4 is 27.3 Å². The van der Waals surface area contributed by atoms with Crippen LogP contribution in [0.2, 0.25) is 0 Å². The fourth-order valence-electron chi connectivity index (χ4n) is 1.34. The molecule has 2 aromatic rings. The van der Waals surface area contributed by atoms with Crippen molar-refractivity contribution in [3.63, 3.8) is 0 Å². The van der Waals surface area contributed by atoms with Gasteiger partial charge in [0.2, 0.25) is 0 Å². The summed E-state index contributed by atoms with van der Waals surface area (Å²) in [5.41, 5.74) is 1.22. The van der Waals surface area contributed by atoms with Crippen molar-refractivity contribution in [2.24, 2.45) is 0 Å². The summed E-state index contributed by atoms with van der Waals surface area (Å²) in [4.78, 5) is 5.34. The summed E-state index contributed by atoms with van der Waals surface area (Å²) < 4.78 is 6.71. The van der Waals surface area contributed by atoms with Gasteiger partial charge >= 0.3 is 0 Å². The first-order valence-electron chi connectivity index (χ1n) is 4.95. The standard InChI is InChI=1S/C12H12BrNOS/c1-8-3-4-12(11(13)5-8)15-7-10-6-14-9(2)16-10/h3-6H,7H2,1-2H3. The van der Waals surface area contributed by atoms with Crippen LogP contribution in [0.4, 0.5) is 0 Å². The molecule has 0 radical (unpaired) electrons. The molecule has 0 saturated carbocycles. The quantitative estimate of drug-likeness (QED) is 0.851. The minimum atomic E-state index is 0.577. The molecule has 0 aliphatic carbocycles. The van der Waals surface area contributed by atoms with Crippen molar-refractivity contribution in [3.05, 3.63) is 44.3 Å². The number of nitrogens with zero attached hydrogens (tertiary/aromatic N) is 1. The topological polar surface area (TPSA) is 22.1 Å². The van der Waals surface area contributed by atoms with Crippen LogP contribution in [-0.4, -0.2) is 4.98 Å². The van der Waals surface area contributed by atoms with Crippen LogP contribution < -0.4 is 4.74 Å². The Morgan fingerprint density at radius 3 is 2.81 bits per heavy atom. The molecule has 0 N–H and O–H groups in total. The lowest BCUT2D eigenvalue weighted by Crippen LogP contribution is -1.93. The van der Waals surface area contributed by atoms with Crippen molar-refractivity contribution in [2.45, 2.75) is 20.5 Å². The first-order chi connectivity index (χ1) is 7.65. The molecule has 2 nitrogen and oxygen atoms in total. The number of thiazole rings is 1. The van der Waals surface area contributed by atoms with Gasteiger partial charge in [0.25, 0.3) is 0 Å². The highest BCUT2D eigenvalue weighted by Crippen LogP contribution is 2.27. The number of benzene rings is 1. The number of ether oxygens (including phenoxy) is 1. The summed E-state index contributed by atoms with van der Waals surface area (Å²) in [5.74, 6) is 0.872. The Kier molecular flexibility index (Phi) is 3.61. The summed E-state index contributed by atoms with van der Waals surface area (Å²) in [6, 6.07) is 6.07. The molecule has 0 atom stereocenters. The molecule has 1 aromatic heterocycles. The number of aryl methyl sites for hydroxylation is 2. The van der Waals surface area contributed by atoms with Crippen LogP contribution in [-0.2, 0) is 6.61 Å². The largest absolute Gasteiger partial charge is 0.487 e. The van der Waals surface area contributed by atoms with Gasteiger partial charge in [-0.3, -0.25) is 0 Å². The van der Waals surface area contributed by atoms with Crippen LogP contribution in [0, 0.1) is 13.8 Å². The van der Waals surface area contributed by atoms with Gasteiger partial charge in [0, 0.05) is 6.20 Å². The molecule has 84 valence electrons. The normalized spacial score (nSPS) is 10.4. The van der Waals surface area contributed by atoms with Crippen LogP contribution in [0.1, 0.15) is 15.4 Å². The van der Waals surface area contributed by atoms with Gasteiger partial charge < -0.3 is 4.74 Å². The molecule has 1 aromatic carbocycles. The van der Waals surface area contributed by atoms with E-state index in [1.807, 2.05) is 31.3 Å². The van der Waals surface area contributed by atoms with E-state index in [0.717, 1.165) is 20.1 Å². The minimum Gasteiger partial charge on any atom is -0.487 e. The Morgan fingerprint density at radius 2 is 2.19 bits per heavy atom. The van der Waals surface area contributed by atoms with Gasteiger partial charge in [0.05, 0.1) is 14.4 Å². The van der Waals surface area contributed by atoms with Crippen LogP contribution in [0.15, 0.2) is 28.9 Å². The van der Waals surface area contributed by atoms with Gasteiger partial charge in [-0.2, -0.15) is 0 Å². The Hall–Kier alpha value is -0.870. The fourth-order valence-corrected chi connectivity index (χ4v) is 2.66. The lowest BCUT2D eigenvalue weighted by molar-refractivity contribution is 0.307. The average Bonchev–Trinajstić information content (AvgIpc) is 2.63. The van der Waals surface area contributed by atoms with Crippen molar-refractivity contribution in [1.82, 2.24) is 4.98 Å². The molecule has 1 heterocycles. The Morgan fingerprint density at radius 1 is 1.38 bits per heavy atom. The predicted molar refractivity (Wildman–Crippen MR) is 70.1 cm³/mol. The highest BCUT2D eigenvalue weighted by atomic mass is 79.9. The van der Waals surface area contributed by atoms with Crippen LogP contribution in [0.25, 0.3) is 0 Å². The first-order valence-corrected chi connectivity index (χ1v) is 6.56. The molecule has 0 aliphatic rings. The number of hydrogen-bond acceptors (Lipinski definition) is 3. The molecule has 0 amide bonds. The second kappa shape index (κ2) is 4.97. The maximum Gasteiger partial charge on any atom is 0.134 e. The predicted octanol–water partition coefficient (Wildman–Crippen LogP) is 4.10. The van der Waals surface area contributed by atoms with E-state index >= 15 is 0 Å². The number of aromatic nitrogens is 1. The van der Waals surface area contributed by atoms with Gasteiger partial charge in [-0.1, -0.05) is 6.07 Å². The summed E-state index contributed by atoms with van der Waals surface area (Å²) in [5, 5.41) is 1.07. The van der Waals surface area contributed by atoms with Crippen LogP contribution in [0.5, 0.6) is 5.75 Å². The van der Waals surface area contributed by atoms with Crippen molar-refractivity contribution in [3.8, 4) is 5.75 Å². The van der Waals surface area contributed by atoms with E-state index in [0.29, 0.717) is 6.61 Å². The van der Waals surface area contributed by atoms with E-state index in [-0.39, 0.29) is 0 Å². The molecule has 0 saturated heterocycles. The Balaban J connectivity index is 2.04.